The first-order valence-corrected chi connectivity index (χ1v) is 9.87. The molecule has 0 spiro atoms. The highest BCUT2D eigenvalue weighted by molar-refractivity contribution is 5.35. The summed E-state index contributed by atoms with van der Waals surface area (Å²) in [6.45, 7) is 10.7. The Bertz CT molecular complexity index is 980. The fraction of sp³-hybridized carbons (Fsp3) is 0.333. The summed E-state index contributed by atoms with van der Waals surface area (Å²) in [5.74, 6) is 0.243. The number of nitrogens with zero attached hydrogens (tertiary/aromatic N) is 4. The van der Waals surface area contributed by atoms with Gasteiger partial charge in [0.1, 0.15) is 0 Å². The summed E-state index contributed by atoms with van der Waals surface area (Å²) in [4.78, 5) is 0. The van der Waals surface area contributed by atoms with Crippen LogP contribution in [0.25, 0.3) is 0 Å². The van der Waals surface area contributed by atoms with E-state index in [1.807, 2.05) is 0 Å². The topological polar surface area (TPSA) is 35.6 Å². The normalized spacial score (nSPS) is 16.2. The third-order valence-electron chi connectivity index (χ3n) is 5.93. The van der Waals surface area contributed by atoms with Crippen LogP contribution < -0.4 is 0 Å². The Morgan fingerprint density at radius 3 is 1.75 bits per heavy atom. The van der Waals surface area contributed by atoms with Crippen LogP contribution in [0.15, 0.2) is 66.8 Å². The van der Waals surface area contributed by atoms with Crippen molar-refractivity contribution in [2.24, 2.45) is 5.92 Å². The molecule has 3 aromatic rings. The van der Waals surface area contributed by atoms with Crippen LogP contribution in [0.1, 0.15) is 41.4 Å². The smallest absolute Gasteiger partial charge is 0.154 e. The van der Waals surface area contributed by atoms with E-state index >= 15 is 0 Å². The first-order valence-electron chi connectivity index (χ1n) is 9.87. The Hall–Kier alpha value is -2.88. The Labute approximate surface area is 167 Å². The van der Waals surface area contributed by atoms with Gasteiger partial charge in [-0.3, -0.25) is 0 Å². The van der Waals surface area contributed by atoms with Gasteiger partial charge in [-0.25, -0.2) is 9.36 Å². The van der Waals surface area contributed by atoms with Crippen molar-refractivity contribution in [1.82, 2.24) is 19.6 Å². The molecule has 0 fully saturated rings. The minimum Gasteiger partial charge on any atom is -0.244 e. The van der Waals surface area contributed by atoms with E-state index in [0.29, 0.717) is 0 Å². The molecule has 1 aliphatic rings. The van der Waals surface area contributed by atoms with Crippen molar-refractivity contribution in [3.63, 3.8) is 0 Å². The van der Waals surface area contributed by atoms with Crippen molar-refractivity contribution in [3.8, 4) is 0 Å². The van der Waals surface area contributed by atoms with Crippen LogP contribution in [0.4, 0.5) is 0 Å². The second kappa shape index (κ2) is 6.93. The predicted octanol–water partition coefficient (Wildman–Crippen LogP) is 5.06. The molecule has 0 unspecified atom stereocenters. The lowest BCUT2D eigenvalue weighted by atomic mass is 9.69. The van der Waals surface area contributed by atoms with Gasteiger partial charge in [-0.05, 0) is 45.4 Å². The molecule has 0 aliphatic heterocycles. The Balaban J connectivity index is 2.02. The minimum absolute atomic E-state index is 0.0882. The first-order chi connectivity index (χ1) is 13.4. The monoisotopic (exact) mass is 372 g/mol. The molecule has 0 amide bonds. The molecule has 2 aromatic heterocycles. The fourth-order valence-corrected chi connectivity index (χ4v) is 4.54. The summed E-state index contributed by atoms with van der Waals surface area (Å²) >= 11 is 0. The van der Waals surface area contributed by atoms with Crippen LogP contribution in [0.5, 0.6) is 0 Å². The lowest BCUT2D eigenvalue weighted by molar-refractivity contribution is 0.179. The molecule has 28 heavy (non-hydrogen) atoms. The number of rotatable bonds is 5. The number of hydrogen-bond donors (Lipinski definition) is 0. The van der Waals surface area contributed by atoms with E-state index in [1.54, 1.807) is 0 Å². The molecule has 1 aromatic carbocycles. The number of benzene rings is 1. The number of aromatic nitrogens is 4. The largest absolute Gasteiger partial charge is 0.244 e. The van der Waals surface area contributed by atoms with E-state index < -0.39 is 0 Å². The summed E-state index contributed by atoms with van der Waals surface area (Å²) in [5, 5.41) is 9.82. The molecular weight excluding hydrogens is 344 g/mol. The van der Waals surface area contributed by atoms with Crippen molar-refractivity contribution >= 4 is 0 Å². The fourth-order valence-electron chi connectivity index (χ4n) is 4.54. The van der Waals surface area contributed by atoms with Crippen LogP contribution in [0.3, 0.4) is 0 Å². The lowest BCUT2D eigenvalue weighted by Gasteiger charge is -2.42. The molecule has 1 aliphatic carbocycles. The van der Waals surface area contributed by atoms with Gasteiger partial charge in [-0.15, -0.1) is 0 Å². The van der Waals surface area contributed by atoms with Gasteiger partial charge in [0.25, 0.3) is 0 Å². The van der Waals surface area contributed by atoms with Gasteiger partial charge in [-0.2, -0.15) is 10.2 Å². The van der Waals surface area contributed by atoms with E-state index in [9.17, 15) is 0 Å². The quantitative estimate of drug-likeness (QED) is 0.627. The third-order valence-corrected chi connectivity index (χ3v) is 5.93. The molecule has 4 rings (SSSR count). The zero-order valence-electron chi connectivity index (χ0n) is 17.3. The van der Waals surface area contributed by atoms with E-state index in [1.165, 1.54) is 5.56 Å². The average molecular weight is 373 g/mol. The molecule has 4 nitrogen and oxygen atoms in total. The van der Waals surface area contributed by atoms with Crippen LogP contribution >= 0.6 is 0 Å². The maximum Gasteiger partial charge on any atom is 0.154 e. The molecule has 0 bridgehead atoms. The Morgan fingerprint density at radius 2 is 1.32 bits per heavy atom. The van der Waals surface area contributed by atoms with E-state index in [-0.39, 0.29) is 17.5 Å². The molecule has 0 radical (unpaired) electrons. The van der Waals surface area contributed by atoms with E-state index in [0.717, 1.165) is 22.8 Å². The molecule has 4 heteroatoms. The van der Waals surface area contributed by atoms with Gasteiger partial charge in [-0.1, -0.05) is 61.6 Å². The average Bonchev–Trinajstić information content (AvgIpc) is 3.38. The lowest BCUT2D eigenvalue weighted by Crippen LogP contribution is -2.45. The maximum absolute atomic E-state index is 4.91. The molecule has 2 heterocycles. The third kappa shape index (κ3) is 2.93. The molecule has 144 valence electrons. The van der Waals surface area contributed by atoms with Crippen LogP contribution in [0, 0.1) is 33.6 Å². The molecule has 1 atom stereocenters. The van der Waals surface area contributed by atoms with Gasteiger partial charge in [0.15, 0.2) is 6.17 Å². The molecular formula is C24H28N4. The summed E-state index contributed by atoms with van der Waals surface area (Å²) in [6, 6.07) is 15.1. The first kappa shape index (κ1) is 18.5. The highest BCUT2D eigenvalue weighted by Gasteiger charge is 2.45. The van der Waals surface area contributed by atoms with Crippen LogP contribution in [-0.2, 0) is 5.41 Å². The standard InChI is InChI=1S/C24H28N4/c1-17-15-19(3)27(25-17)23(28-20(4)16-18(2)26-28)24(5,22-13-9-10-14-22)21-11-7-6-8-12-21/h6-16,22-23H,1-5H3/t24-/m0/s1. The van der Waals surface area contributed by atoms with Gasteiger partial charge < -0.3 is 0 Å². The van der Waals surface area contributed by atoms with Gasteiger partial charge in [0.2, 0.25) is 0 Å². The van der Waals surface area contributed by atoms with Crippen molar-refractivity contribution in [1.29, 1.82) is 0 Å². The highest BCUT2D eigenvalue weighted by Crippen LogP contribution is 2.46. The number of aryl methyl sites for hydroxylation is 4. The maximum atomic E-state index is 4.91. The Kier molecular flexibility index (Phi) is 4.58. The van der Waals surface area contributed by atoms with Gasteiger partial charge >= 0.3 is 0 Å². The summed E-state index contributed by atoms with van der Waals surface area (Å²) in [6.07, 6.45) is 8.78. The molecule has 0 saturated carbocycles. The SMILES string of the molecule is Cc1cc(C)n(C(n2nc(C)cc2C)[C@@](C)(c2ccccc2)C2C=CC=C2)n1. The zero-order valence-corrected chi connectivity index (χ0v) is 17.3. The second-order valence-corrected chi connectivity index (χ2v) is 8.06. The highest BCUT2D eigenvalue weighted by atomic mass is 15.5. The number of allylic oxidation sites excluding steroid dienone is 4. The molecule has 0 saturated heterocycles. The predicted molar refractivity (Wildman–Crippen MR) is 113 cm³/mol. The van der Waals surface area contributed by atoms with E-state index in [4.69, 9.17) is 10.2 Å². The van der Waals surface area contributed by atoms with Gasteiger partial charge in [0, 0.05) is 22.7 Å². The van der Waals surface area contributed by atoms with Crippen molar-refractivity contribution in [2.45, 2.75) is 46.2 Å². The summed E-state index contributed by atoms with van der Waals surface area (Å²) in [7, 11) is 0. The Morgan fingerprint density at radius 1 is 0.821 bits per heavy atom. The van der Waals surface area contributed by atoms with Crippen molar-refractivity contribution < 1.29 is 0 Å². The summed E-state index contributed by atoms with van der Waals surface area (Å²) < 4.78 is 4.31. The van der Waals surface area contributed by atoms with Crippen LogP contribution in [-0.4, -0.2) is 19.6 Å². The van der Waals surface area contributed by atoms with Crippen LogP contribution in [0.2, 0.25) is 0 Å². The number of hydrogen-bond acceptors (Lipinski definition) is 2. The van der Waals surface area contributed by atoms with E-state index in [2.05, 4.69) is 111 Å². The van der Waals surface area contributed by atoms with Gasteiger partial charge in [0.05, 0.1) is 11.4 Å². The second-order valence-electron chi connectivity index (χ2n) is 8.06. The summed E-state index contributed by atoms with van der Waals surface area (Å²) in [5.41, 5.74) is 5.35. The zero-order chi connectivity index (χ0) is 19.9. The van der Waals surface area contributed by atoms with Crippen molar-refractivity contribution in [3.05, 3.63) is 95.1 Å². The minimum atomic E-state index is -0.267. The molecule has 0 N–H and O–H groups in total. The van der Waals surface area contributed by atoms with Crippen molar-refractivity contribution in [2.75, 3.05) is 0 Å².